The van der Waals surface area contributed by atoms with E-state index in [-0.39, 0.29) is 29.6 Å². The molecule has 0 amide bonds. The second-order valence-electron chi connectivity index (χ2n) is 6.67. The molecule has 0 N–H and O–H groups in total. The van der Waals surface area contributed by atoms with Gasteiger partial charge in [-0.05, 0) is 35.9 Å². The molecule has 8 heteroatoms. The van der Waals surface area contributed by atoms with Crippen LogP contribution in [0.2, 0.25) is 0 Å². The predicted molar refractivity (Wildman–Crippen MR) is 116 cm³/mol. The Balaban J connectivity index is 1.48. The lowest BCUT2D eigenvalue weighted by atomic mass is 10.1. The number of allylic oxidation sites excluding steroid dienone is 1. The molecule has 31 heavy (non-hydrogen) atoms. The highest BCUT2D eigenvalue weighted by Crippen LogP contribution is 2.35. The zero-order valence-corrected chi connectivity index (χ0v) is 17.5. The Hall–Kier alpha value is -3.78. The fourth-order valence-electron chi connectivity index (χ4n) is 3.00. The molecule has 1 heterocycles. The number of nitro benzene ring substituents is 1. The van der Waals surface area contributed by atoms with Crippen molar-refractivity contribution in [2.75, 3.05) is 6.61 Å². The molecular weight excluding hydrogens is 466 g/mol. The van der Waals surface area contributed by atoms with Crippen LogP contribution in [-0.4, -0.2) is 23.1 Å². The average molecular weight is 480 g/mol. The first-order valence-electron chi connectivity index (χ1n) is 9.15. The summed E-state index contributed by atoms with van der Waals surface area (Å²) in [6.07, 6.45) is 1.45. The van der Waals surface area contributed by atoms with Crippen molar-refractivity contribution in [1.29, 1.82) is 0 Å². The van der Waals surface area contributed by atoms with E-state index >= 15 is 0 Å². The van der Waals surface area contributed by atoms with Crippen LogP contribution >= 0.6 is 15.9 Å². The maximum Gasteiger partial charge on any atom is 0.270 e. The molecule has 3 aromatic carbocycles. The molecule has 0 aliphatic carbocycles. The Morgan fingerprint density at radius 2 is 1.87 bits per heavy atom. The molecular formula is C23H14BrNO6. The number of hydrogen-bond acceptors (Lipinski definition) is 6. The summed E-state index contributed by atoms with van der Waals surface area (Å²) in [5.41, 5.74) is 1.27. The van der Waals surface area contributed by atoms with Crippen LogP contribution in [0.5, 0.6) is 11.5 Å². The number of benzene rings is 3. The summed E-state index contributed by atoms with van der Waals surface area (Å²) in [6, 6.07) is 17.5. The Morgan fingerprint density at radius 3 is 2.61 bits per heavy atom. The van der Waals surface area contributed by atoms with Gasteiger partial charge in [0.05, 0.1) is 10.5 Å². The van der Waals surface area contributed by atoms with Crippen molar-refractivity contribution >= 4 is 39.3 Å². The molecule has 4 rings (SSSR count). The number of rotatable bonds is 6. The van der Waals surface area contributed by atoms with Gasteiger partial charge in [-0.15, -0.1) is 0 Å². The van der Waals surface area contributed by atoms with Crippen molar-refractivity contribution in [3.63, 3.8) is 0 Å². The van der Waals surface area contributed by atoms with Crippen molar-refractivity contribution in [3.8, 4) is 11.5 Å². The number of halogens is 1. The van der Waals surface area contributed by atoms with Gasteiger partial charge < -0.3 is 9.47 Å². The maximum absolute atomic E-state index is 12.6. The van der Waals surface area contributed by atoms with Crippen molar-refractivity contribution in [2.24, 2.45) is 0 Å². The van der Waals surface area contributed by atoms with Crippen LogP contribution in [0.15, 0.2) is 77.0 Å². The van der Waals surface area contributed by atoms with Gasteiger partial charge in [0.25, 0.3) is 5.69 Å². The van der Waals surface area contributed by atoms with Gasteiger partial charge in [0.1, 0.15) is 11.5 Å². The van der Waals surface area contributed by atoms with Gasteiger partial charge in [-0.1, -0.05) is 40.2 Å². The summed E-state index contributed by atoms with van der Waals surface area (Å²) >= 11 is 3.32. The minimum Gasteiger partial charge on any atom is -0.485 e. The third kappa shape index (κ3) is 4.54. The molecule has 0 saturated heterocycles. The Bertz CT molecular complexity index is 1230. The van der Waals surface area contributed by atoms with E-state index in [1.165, 1.54) is 30.3 Å². The average Bonchev–Trinajstić information content (AvgIpc) is 3.07. The van der Waals surface area contributed by atoms with Gasteiger partial charge in [-0.2, -0.15) is 0 Å². The Morgan fingerprint density at radius 1 is 1.10 bits per heavy atom. The van der Waals surface area contributed by atoms with Gasteiger partial charge >= 0.3 is 0 Å². The number of Topliss-reactive ketones (excluding diaryl/α,β-unsaturated/α-hetero) is 2. The fraction of sp³-hybridized carbons (Fsp3) is 0.0435. The normalized spacial score (nSPS) is 13.6. The number of nitro groups is 1. The van der Waals surface area contributed by atoms with Crippen molar-refractivity contribution in [3.05, 3.63) is 104 Å². The van der Waals surface area contributed by atoms with Crippen LogP contribution in [0.4, 0.5) is 5.69 Å². The van der Waals surface area contributed by atoms with Crippen LogP contribution in [-0.2, 0) is 0 Å². The third-order valence-electron chi connectivity index (χ3n) is 4.56. The minimum absolute atomic E-state index is 0.0542. The highest BCUT2D eigenvalue weighted by atomic mass is 79.9. The third-order valence-corrected chi connectivity index (χ3v) is 5.08. The van der Waals surface area contributed by atoms with Gasteiger partial charge in [-0.25, -0.2) is 0 Å². The van der Waals surface area contributed by atoms with Gasteiger partial charge in [0.15, 0.2) is 18.1 Å². The molecule has 0 radical (unpaired) electrons. The van der Waals surface area contributed by atoms with E-state index in [0.29, 0.717) is 28.2 Å². The van der Waals surface area contributed by atoms with E-state index in [4.69, 9.17) is 9.47 Å². The maximum atomic E-state index is 12.6. The summed E-state index contributed by atoms with van der Waals surface area (Å²) in [6.45, 7) is -0.162. The SMILES string of the molecule is O=C(COc1ccc2c(c1)OC(=Cc1cccc([N+](=O)[O-])c1)C2=O)c1ccc(Br)cc1. The van der Waals surface area contributed by atoms with Crippen molar-refractivity contribution < 1.29 is 24.0 Å². The molecule has 0 atom stereocenters. The lowest BCUT2D eigenvalue weighted by Crippen LogP contribution is -2.11. The molecule has 0 spiro atoms. The summed E-state index contributed by atoms with van der Waals surface area (Å²) in [5, 5.41) is 10.9. The van der Waals surface area contributed by atoms with E-state index in [1.54, 1.807) is 42.5 Å². The topological polar surface area (TPSA) is 95.7 Å². The van der Waals surface area contributed by atoms with E-state index < -0.39 is 4.92 Å². The lowest BCUT2D eigenvalue weighted by molar-refractivity contribution is -0.384. The van der Waals surface area contributed by atoms with Gasteiger partial charge in [0.2, 0.25) is 5.78 Å². The van der Waals surface area contributed by atoms with E-state index in [1.807, 2.05) is 0 Å². The van der Waals surface area contributed by atoms with Crippen LogP contribution < -0.4 is 9.47 Å². The number of carbonyl (C=O) groups is 2. The molecule has 1 aliphatic rings. The van der Waals surface area contributed by atoms with Gasteiger partial charge in [-0.3, -0.25) is 19.7 Å². The standard InChI is InChI=1S/C23H14BrNO6/c24-16-6-4-15(5-7-16)20(26)13-30-18-8-9-19-21(12-18)31-22(23(19)27)11-14-2-1-3-17(10-14)25(28)29/h1-12H,13H2. The largest absolute Gasteiger partial charge is 0.485 e. The molecule has 154 valence electrons. The first kappa shape index (κ1) is 20.5. The number of carbonyl (C=O) groups excluding carboxylic acids is 2. The zero-order chi connectivity index (χ0) is 22.0. The first-order valence-corrected chi connectivity index (χ1v) is 9.94. The summed E-state index contributed by atoms with van der Waals surface area (Å²) in [7, 11) is 0. The molecule has 0 fully saturated rings. The molecule has 0 saturated carbocycles. The number of fused-ring (bicyclic) bond motifs is 1. The van der Waals surface area contributed by atoms with Crippen LogP contribution in [0, 0.1) is 10.1 Å². The minimum atomic E-state index is -0.507. The second-order valence-corrected chi connectivity index (χ2v) is 7.58. The summed E-state index contributed by atoms with van der Waals surface area (Å²) in [4.78, 5) is 35.3. The molecule has 0 bridgehead atoms. The Kier molecular flexibility index (Phi) is 5.64. The number of hydrogen-bond donors (Lipinski definition) is 0. The molecule has 0 aromatic heterocycles. The first-order chi connectivity index (χ1) is 14.9. The quantitative estimate of drug-likeness (QED) is 0.207. The lowest BCUT2D eigenvalue weighted by Gasteiger charge is -2.07. The second kappa shape index (κ2) is 8.53. The number of non-ortho nitro benzene ring substituents is 1. The molecule has 7 nitrogen and oxygen atoms in total. The fourth-order valence-corrected chi connectivity index (χ4v) is 3.27. The number of ether oxygens (including phenoxy) is 2. The number of nitrogens with zero attached hydrogens (tertiary/aromatic N) is 1. The zero-order valence-electron chi connectivity index (χ0n) is 15.9. The monoisotopic (exact) mass is 479 g/mol. The van der Waals surface area contributed by atoms with Crippen LogP contribution in [0.25, 0.3) is 6.08 Å². The molecule has 1 aliphatic heterocycles. The highest BCUT2D eigenvalue weighted by Gasteiger charge is 2.28. The summed E-state index contributed by atoms with van der Waals surface area (Å²) < 4.78 is 12.1. The molecule has 3 aromatic rings. The van der Waals surface area contributed by atoms with E-state index in [9.17, 15) is 19.7 Å². The molecule has 0 unspecified atom stereocenters. The highest BCUT2D eigenvalue weighted by molar-refractivity contribution is 9.10. The van der Waals surface area contributed by atoms with E-state index in [2.05, 4.69) is 15.9 Å². The van der Waals surface area contributed by atoms with Crippen LogP contribution in [0.1, 0.15) is 26.3 Å². The summed E-state index contributed by atoms with van der Waals surface area (Å²) in [5.74, 6) is 0.220. The van der Waals surface area contributed by atoms with Gasteiger partial charge in [0, 0.05) is 28.2 Å². The predicted octanol–water partition coefficient (Wildman–Crippen LogP) is 5.24. The van der Waals surface area contributed by atoms with E-state index in [0.717, 1.165) is 4.47 Å². The van der Waals surface area contributed by atoms with Crippen molar-refractivity contribution in [2.45, 2.75) is 0 Å². The number of ketones is 2. The van der Waals surface area contributed by atoms with Crippen molar-refractivity contribution in [1.82, 2.24) is 0 Å². The van der Waals surface area contributed by atoms with Crippen LogP contribution in [0.3, 0.4) is 0 Å². The Labute approximate surface area is 185 Å². The smallest absolute Gasteiger partial charge is 0.270 e.